The lowest BCUT2D eigenvalue weighted by atomic mass is 9.87. The second kappa shape index (κ2) is 11.6. The molecule has 3 aromatic rings. The van der Waals surface area contributed by atoms with Crippen molar-refractivity contribution < 1.29 is 14.3 Å². The SMILES string of the molecule is COc1ccccc1[C@H]1SCC(=O)N(CC(=O)N2CCC(C)CC2)c2c1c(C(C)(C)C)nn2-c1ccc(C)cc1C. The molecule has 1 atom stereocenters. The molecule has 2 amide bonds. The number of likely N-dealkylation sites (tertiary alicyclic amines) is 1. The number of hydrogen-bond donors (Lipinski definition) is 0. The Hall–Kier alpha value is -3.26. The first-order valence-electron chi connectivity index (χ1n) is 14.5. The van der Waals surface area contributed by atoms with Crippen LogP contribution in [0.25, 0.3) is 5.69 Å². The Morgan fingerprint density at radius 2 is 1.80 bits per heavy atom. The molecule has 0 unspecified atom stereocenters. The number of ether oxygens (including phenoxy) is 1. The number of aryl methyl sites for hydroxylation is 2. The average molecular weight is 575 g/mol. The molecule has 3 heterocycles. The van der Waals surface area contributed by atoms with Crippen LogP contribution in [0, 0.1) is 19.8 Å². The van der Waals surface area contributed by atoms with Gasteiger partial charge in [-0.25, -0.2) is 4.68 Å². The number of rotatable bonds is 5. The average Bonchev–Trinajstić information content (AvgIpc) is 3.26. The number of para-hydroxylation sites is 1. The predicted octanol–water partition coefficient (Wildman–Crippen LogP) is 6.22. The minimum Gasteiger partial charge on any atom is -0.496 e. The molecule has 218 valence electrons. The highest BCUT2D eigenvalue weighted by Gasteiger charge is 2.41. The van der Waals surface area contributed by atoms with Gasteiger partial charge in [0, 0.05) is 29.6 Å². The number of carbonyl (C=O) groups excluding carboxylic acids is 2. The maximum Gasteiger partial charge on any atom is 0.242 e. The van der Waals surface area contributed by atoms with Gasteiger partial charge in [0.1, 0.15) is 18.1 Å². The number of benzene rings is 2. The maximum atomic E-state index is 14.0. The van der Waals surface area contributed by atoms with Gasteiger partial charge in [0.2, 0.25) is 11.8 Å². The Morgan fingerprint density at radius 1 is 1.10 bits per heavy atom. The monoisotopic (exact) mass is 574 g/mol. The van der Waals surface area contributed by atoms with E-state index in [0.717, 1.165) is 65.3 Å². The van der Waals surface area contributed by atoms with E-state index >= 15 is 0 Å². The normalized spacial score (nSPS) is 18.3. The lowest BCUT2D eigenvalue weighted by Gasteiger charge is -2.32. The third-order valence-corrected chi connectivity index (χ3v) is 9.47. The molecule has 0 radical (unpaired) electrons. The van der Waals surface area contributed by atoms with E-state index in [2.05, 4.69) is 65.8 Å². The highest BCUT2D eigenvalue weighted by atomic mass is 32.2. The number of hydrogen-bond acceptors (Lipinski definition) is 5. The Kier molecular flexibility index (Phi) is 8.24. The van der Waals surface area contributed by atoms with Crippen LogP contribution in [-0.4, -0.2) is 59.0 Å². The van der Waals surface area contributed by atoms with E-state index in [-0.39, 0.29) is 34.8 Å². The number of methoxy groups -OCH3 is 1. The summed E-state index contributed by atoms with van der Waals surface area (Å²) in [4.78, 5) is 31.4. The summed E-state index contributed by atoms with van der Waals surface area (Å²) >= 11 is 1.58. The molecule has 0 bridgehead atoms. The number of aromatic nitrogens is 2. The van der Waals surface area contributed by atoms with Crippen LogP contribution < -0.4 is 9.64 Å². The van der Waals surface area contributed by atoms with Crippen molar-refractivity contribution in [2.45, 2.75) is 65.0 Å². The van der Waals surface area contributed by atoms with E-state index in [9.17, 15) is 9.59 Å². The number of thioether (sulfide) groups is 1. The molecule has 2 aliphatic heterocycles. The lowest BCUT2D eigenvalue weighted by Crippen LogP contribution is -2.46. The summed E-state index contributed by atoms with van der Waals surface area (Å²) < 4.78 is 7.73. The molecule has 2 aliphatic rings. The van der Waals surface area contributed by atoms with E-state index in [4.69, 9.17) is 9.84 Å². The zero-order valence-corrected chi connectivity index (χ0v) is 26.2. The summed E-state index contributed by atoms with van der Waals surface area (Å²) in [6.45, 7) is 14.3. The minimum absolute atomic E-state index is 0.000393. The van der Waals surface area contributed by atoms with Crippen LogP contribution >= 0.6 is 11.8 Å². The largest absolute Gasteiger partial charge is 0.496 e. The molecule has 1 saturated heterocycles. The van der Waals surface area contributed by atoms with Crippen LogP contribution in [0.2, 0.25) is 0 Å². The first-order valence-corrected chi connectivity index (χ1v) is 15.6. The van der Waals surface area contributed by atoms with Crippen LogP contribution in [0.3, 0.4) is 0 Å². The van der Waals surface area contributed by atoms with E-state index in [1.165, 1.54) is 0 Å². The molecule has 0 spiro atoms. The summed E-state index contributed by atoms with van der Waals surface area (Å²) in [5.41, 5.74) is 5.69. The first kappa shape index (κ1) is 29.2. The number of anilines is 1. The van der Waals surface area contributed by atoms with Gasteiger partial charge in [-0.05, 0) is 50.3 Å². The van der Waals surface area contributed by atoms with Crippen molar-refractivity contribution in [2.75, 3.05) is 37.4 Å². The van der Waals surface area contributed by atoms with Gasteiger partial charge < -0.3 is 9.64 Å². The zero-order valence-electron chi connectivity index (χ0n) is 25.4. The summed E-state index contributed by atoms with van der Waals surface area (Å²) in [5, 5.41) is 5.06. The Morgan fingerprint density at radius 3 is 2.46 bits per heavy atom. The fourth-order valence-corrected chi connectivity index (χ4v) is 7.13. The van der Waals surface area contributed by atoms with Crippen LogP contribution in [0.1, 0.15) is 73.7 Å². The number of nitrogens with zero attached hydrogens (tertiary/aromatic N) is 4. The summed E-state index contributed by atoms with van der Waals surface area (Å²) in [5.74, 6) is 2.23. The van der Waals surface area contributed by atoms with Gasteiger partial charge in [0.15, 0.2) is 0 Å². The molecular weight excluding hydrogens is 532 g/mol. The Balaban J connectivity index is 1.74. The molecule has 2 aromatic carbocycles. The number of fused-ring (bicyclic) bond motifs is 1. The molecule has 1 fully saturated rings. The van der Waals surface area contributed by atoms with Crippen LogP contribution in [0.15, 0.2) is 42.5 Å². The van der Waals surface area contributed by atoms with Crippen LogP contribution in [0.5, 0.6) is 5.75 Å². The van der Waals surface area contributed by atoms with Crippen LogP contribution in [-0.2, 0) is 15.0 Å². The fraction of sp³-hybridized carbons (Fsp3) is 0.485. The molecule has 0 saturated carbocycles. The third-order valence-electron chi connectivity index (χ3n) is 8.23. The summed E-state index contributed by atoms with van der Waals surface area (Å²) in [6.07, 6.45) is 1.98. The predicted molar refractivity (Wildman–Crippen MR) is 166 cm³/mol. The van der Waals surface area contributed by atoms with Gasteiger partial charge >= 0.3 is 0 Å². The summed E-state index contributed by atoms with van der Waals surface area (Å²) in [6, 6.07) is 14.3. The molecule has 0 N–H and O–H groups in total. The van der Waals surface area contributed by atoms with E-state index in [0.29, 0.717) is 11.7 Å². The van der Waals surface area contributed by atoms with Crippen molar-refractivity contribution in [3.05, 3.63) is 70.4 Å². The van der Waals surface area contributed by atoms with Crippen molar-refractivity contribution in [3.8, 4) is 11.4 Å². The third kappa shape index (κ3) is 5.76. The first-order chi connectivity index (χ1) is 19.5. The summed E-state index contributed by atoms with van der Waals surface area (Å²) in [7, 11) is 1.68. The molecular formula is C33H42N4O3S. The Bertz CT molecular complexity index is 1450. The maximum absolute atomic E-state index is 14.0. The highest BCUT2D eigenvalue weighted by Crippen LogP contribution is 2.50. The van der Waals surface area contributed by atoms with E-state index < -0.39 is 0 Å². The zero-order chi connectivity index (χ0) is 29.5. The number of amides is 2. The fourth-order valence-electron chi connectivity index (χ4n) is 5.91. The van der Waals surface area contributed by atoms with Gasteiger partial charge in [-0.15, -0.1) is 11.8 Å². The van der Waals surface area contributed by atoms with Gasteiger partial charge in [-0.2, -0.15) is 5.10 Å². The molecule has 8 heteroatoms. The van der Waals surface area contributed by atoms with Crippen molar-refractivity contribution in [1.82, 2.24) is 14.7 Å². The minimum atomic E-state index is -0.319. The molecule has 41 heavy (non-hydrogen) atoms. The highest BCUT2D eigenvalue weighted by molar-refractivity contribution is 8.00. The molecule has 1 aromatic heterocycles. The molecule has 7 nitrogen and oxygen atoms in total. The quantitative estimate of drug-likeness (QED) is 0.362. The van der Waals surface area contributed by atoms with Crippen molar-refractivity contribution in [3.63, 3.8) is 0 Å². The number of carbonyl (C=O) groups is 2. The molecule has 0 aliphatic carbocycles. The van der Waals surface area contributed by atoms with Gasteiger partial charge in [-0.1, -0.05) is 63.6 Å². The van der Waals surface area contributed by atoms with Gasteiger partial charge in [0.05, 0.1) is 29.5 Å². The van der Waals surface area contributed by atoms with Crippen molar-refractivity contribution in [2.24, 2.45) is 5.92 Å². The van der Waals surface area contributed by atoms with Crippen molar-refractivity contribution in [1.29, 1.82) is 0 Å². The Labute approximate surface area is 248 Å². The van der Waals surface area contributed by atoms with E-state index in [1.54, 1.807) is 23.8 Å². The van der Waals surface area contributed by atoms with E-state index in [1.807, 2.05) is 27.8 Å². The second-order valence-electron chi connectivity index (χ2n) is 12.5. The smallest absolute Gasteiger partial charge is 0.242 e. The standard InChI is InChI=1S/C33H42N4O3S/c1-21-14-16-35(17-15-21)27(38)19-36-28(39)20-41-30(24-10-8-9-11-26(24)40-7)29-31(33(4,5)6)34-37(32(29)36)25-13-12-22(2)18-23(25)3/h8-13,18,21,30H,14-17,19-20H2,1-7H3/t30-/m1/s1. The number of piperidine rings is 1. The molecule has 5 rings (SSSR count). The van der Waals surface area contributed by atoms with Gasteiger partial charge in [0.25, 0.3) is 0 Å². The topological polar surface area (TPSA) is 67.7 Å². The van der Waals surface area contributed by atoms with Crippen molar-refractivity contribution >= 4 is 29.4 Å². The second-order valence-corrected chi connectivity index (χ2v) is 13.6. The van der Waals surface area contributed by atoms with Crippen LogP contribution in [0.4, 0.5) is 5.82 Å². The van der Waals surface area contributed by atoms with Gasteiger partial charge in [-0.3, -0.25) is 14.5 Å². The lowest BCUT2D eigenvalue weighted by molar-refractivity contribution is -0.132.